The van der Waals surface area contributed by atoms with E-state index in [-0.39, 0.29) is 5.82 Å². The fourth-order valence-electron chi connectivity index (χ4n) is 2.23. The third kappa shape index (κ3) is 2.45. The van der Waals surface area contributed by atoms with Gasteiger partial charge in [-0.15, -0.1) is 0 Å². The van der Waals surface area contributed by atoms with Crippen LogP contribution in [0.25, 0.3) is 10.9 Å². The number of aryl methyl sites for hydroxylation is 2. The van der Waals surface area contributed by atoms with Crippen LogP contribution in [0.2, 0.25) is 0 Å². The molecule has 96 valence electrons. The lowest BCUT2D eigenvalue weighted by molar-refractivity contribution is 0.628. The van der Waals surface area contributed by atoms with Crippen molar-refractivity contribution in [3.63, 3.8) is 0 Å². The van der Waals surface area contributed by atoms with Crippen molar-refractivity contribution in [2.75, 3.05) is 11.9 Å². The molecule has 0 fully saturated rings. The first kappa shape index (κ1) is 12.8. The Morgan fingerprint density at radius 2 is 2.00 bits per heavy atom. The van der Waals surface area contributed by atoms with E-state index in [0.717, 1.165) is 47.2 Å². The highest BCUT2D eigenvalue weighted by Gasteiger charge is 2.09. The van der Waals surface area contributed by atoms with Crippen LogP contribution >= 0.6 is 0 Å². The van der Waals surface area contributed by atoms with E-state index >= 15 is 0 Å². The number of pyridine rings is 1. The van der Waals surface area contributed by atoms with Crippen LogP contribution in [-0.2, 0) is 6.42 Å². The molecule has 1 aromatic carbocycles. The normalized spacial score (nSPS) is 10.9. The minimum atomic E-state index is -0.204. The molecule has 0 radical (unpaired) electrons. The van der Waals surface area contributed by atoms with Gasteiger partial charge in [0.05, 0.1) is 5.52 Å². The second-order valence-corrected chi connectivity index (χ2v) is 4.56. The van der Waals surface area contributed by atoms with Crippen molar-refractivity contribution in [1.29, 1.82) is 0 Å². The van der Waals surface area contributed by atoms with Crippen LogP contribution in [0, 0.1) is 12.7 Å². The Morgan fingerprint density at radius 1 is 1.22 bits per heavy atom. The number of nitrogens with one attached hydrogen (secondary N) is 1. The molecule has 0 aliphatic rings. The molecule has 2 nitrogen and oxygen atoms in total. The molecule has 1 heterocycles. The molecule has 0 saturated heterocycles. The van der Waals surface area contributed by atoms with Gasteiger partial charge < -0.3 is 5.32 Å². The summed E-state index contributed by atoms with van der Waals surface area (Å²) in [5, 5.41) is 4.17. The Hall–Kier alpha value is -1.64. The smallest absolute Gasteiger partial charge is 0.124 e. The molecular formula is C15H19FN2. The van der Waals surface area contributed by atoms with E-state index in [0.29, 0.717) is 0 Å². The molecule has 0 atom stereocenters. The zero-order valence-electron chi connectivity index (χ0n) is 11.2. The number of halogens is 1. The van der Waals surface area contributed by atoms with Gasteiger partial charge in [0, 0.05) is 23.3 Å². The average Bonchev–Trinajstić information content (AvgIpc) is 2.31. The third-order valence-corrected chi connectivity index (χ3v) is 3.00. The SMILES string of the molecule is CCCc1cc(NCC)c2cc(F)cc(C)c2n1. The van der Waals surface area contributed by atoms with Gasteiger partial charge in [-0.3, -0.25) is 4.98 Å². The first-order valence-corrected chi connectivity index (χ1v) is 6.49. The Morgan fingerprint density at radius 3 is 2.67 bits per heavy atom. The van der Waals surface area contributed by atoms with Crippen molar-refractivity contribution < 1.29 is 4.39 Å². The molecule has 0 unspecified atom stereocenters. The van der Waals surface area contributed by atoms with E-state index in [4.69, 9.17) is 0 Å². The monoisotopic (exact) mass is 246 g/mol. The van der Waals surface area contributed by atoms with Gasteiger partial charge in [-0.05, 0) is 44.0 Å². The summed E-state index contributed by atoms with van der Waals surface area (Å²) in [6, 6.07) is 5.14. The first-order chi connectivity index (χ1) is 8.65. The molecule has 1 aromatic heterocycles. The van der Waals surface area contributed by atoms with E-state index in [2.05, 4.69) is 17.2 Å². The molecular weight excluding hydrogens is 227 g/mol. The zero-order chi connectivity index (χ0) is 13.1. The van der Waals surface area contributed by atoms with Crippen LogP contribution in [0.5, 0.6) is 0 Å². The molecule has 0 amide bonds. The van der Waals surface area contributed by atoms with Gasteiger partial charge in [0.1, 0.15) is 5.82 Å². The standard InChI is InChI=1S/C15H19FN2/c1-4-6-12-9-14(17-5-2)13-8-11(16)7-10(3)15(13)18-12/h7-9H,4-6H2,1-3H3,(H,17,18). The number of aromatic nitrogens is 1. The molecule has 18 heavy (non-hydrogen) atoms. The Labute approximate surface area is 107 Å². The summed E-state index contributed by atoms with van der Waals surface area (Å²) in [6.07, 6.45) is 2.01. The van der Waals surface area contributed by atoms with Crippen LogP contribution in [0.4, 0.5) is 10.1 Å². The van der Waals surface area contributed by atoms with Gasteiger partial charge in [0.2, 0.25) is 0 Å². The van der Waals surface area contributed by atoms with E-state index in [9.17, 15) is 4.39 Å². The highest BCUT2D eigenvalue weighted by molar-refractivity contribution is 5.93. The summed E-state index contributed by atoms with van der Waals surface area (Å²) in [7, 11) is 0. The minimum Gasteiger partial charge on any atom is -0.385 e. The average molecular weight is 246 g/mol. The Balaban J connectivity index is 2.68. The fourth-order valence-corrected chi connectivity index (χ4v) is 2.23. The van der Waals surface area contributed by atoms with E-state index in [1.54, 1.807) is 12.1 Å². The topological polar surface area (TPSA) is 24.9 Å². The number of rotatable bonds is 4. The summed E-state index contributed by atoms with van der Waals surface area (Å²) in [5.74, 6) is -0.204. The summed E-state index contributed by atoms with van der Waals surface area (Å²) >= 11 is 0. The van der Waals surface area contributed by atoms with Crippen molar-refractivity contribution in [2.24, 2.45) is 0 Å². The molecule has 0 saturated carbocycles. The summed E-state index contributed by atoms with van der Waals surface area (Å²) in [4.78, 5) is 4.64. The van der Waals surface area contributed by atoms with E-state index < -0.39 is 0 Å². The Bertz CT molecular complexity index is 564. The minimum absolute atomic E-state index is 0.204. The van der Waals surface area contributed by atoms with Gasteiger partial charge in [-0.1, -0.05) is 13.3 Å². The fraction of sp³-hybridized carbons (Fsp3) is 0.400. The maximum absolute atomic E-state index is 13.5. The van der Waals surface area contributed by atoms with Gasteiger partial charge in [-0.25, -0.2) is 4.39 Å². The van der Waals surface area contributed by atoms with Crippen LogP contribution in [0.3, 0.4) is 0 Å². The third-order valence-electron chi connectivity index (χ3n) is 3.00. The number of nitrogens with zero attached hydrogens (tertiary/aromatic N) is 1. The quantitative estimate of drug-likeness (QED) is 0.879. The van der Waals surface area contributed by atoms with Crippen LogP contribution in [0.1, 0.15) is 31.5 Å². The van der Waals surface area contributed by atoms with Crippen molar-refractivity contribution in [1.82, 2.24) is 4.98 Å². The van der Waals surface area contributed by atoms with Crippen LogP contribution in [0.15, 0.2) is 18.2 Å². The highest BCUT2D eigenvalue weighted by atomic mass is 19.1. The molecule has 3 heteroatoms. The predicted octanol–water partition coefficient (Wildman–Crippen LogP) is 4.07. The molecule has 0 aliphatic heterocycles. The second kappa shape index (κ2) is 5.34. The number of anilines is 1. The molecule has 0 spiro atoms. The lowest BCUT2D eigenvalue weighted by Gasteiger charge is -2.12. The van der Waals surface area contributed by atoms with Crippen molar-refractivity contribution in [3.8, 4) is 0 Å². The van der Waals surface area contributed by atoms with Crippen molar-refractivity contribution >= 4 is 16.6 Å². The molecule has 0 bridgehead atoms. The van der Waals surface area contributed by atoms with Crippen molar-refractivity contribution in [2.45, 2.75) is 33.6 Å². The number of hydrogen-bond acceptors (Lipinski definition) is 2. The largest absolute Gasteiger partial charge is 0.385 e. The van der Waals surface area contributed by atoms with E-state index in [1.807, 2.05) is 19.9 Å². The van der Waals surface area contributed by atoms with Crippen LogP contribution < -0.4 is 5.32 Å². The number of benzene rings is 1. The van der Waals surface area contributed by atoms with Gasteiger partial charge in [-0.2, -0.15) is 0 Å². The number of hydrogen-bond donors (Lipinski definition) is 1. The zero-order valence-corrected chi connectivity index (χ0v) is 11.2. The summed E-state index contributed by atoms with van der Waals surface area (Å²) in [6.45, 7) is 6.90. The second-order valence-electron chi connectivity index (χ2n) is 4.56. The maximum atomic E-state index is 13.5. The predicted molar refractivity (Wildman–Crippen MR) is 74.6 cm³/mol. The lowest BCUT2D eigenvalue weighted by Crippen LogP contribution is -2.02. The van der Waals surface area contributed by atoms with Gasteiger partial charge in [0.15, 0.2) is 0 Å². The van der Waals surface area contributed by atoms with Crippen LogP contribution in [-0.4, -0.2) is 11.5 Å². The lowest BCUT2D eigenvalue weighted by atomic mass is 10.1. The first-order valence-electron chi connectivity index (χ1n) is 6.49. The Kier molecular flexibility index (Phi) is 3.80. The molecule has 2 aromatic rings. The number of fused-ring (bicyclic) bond motifs is 1. The van der Waals surface area contributed by atoms with Crippen molar-refractivity contribution in [3.05, 3.63) is 35.3 Å². The maximum Gasteiger partial charge on any atom is 0.124 e. The van der Waals surface area contributed by atoms with E-state index in [1.165, 1.54) is 0 Å². The van der Waals surface area contributed by atoms with Gasteiger partial charge >= 0.3 is 0 Å². The molecule has 0 aliphatic carbocycles. The molecule has 1 N–H and O–H groups in total. The highest BCUT2D eigenvalue weighted by Crippen LogP contribution is 2.27. The molecule has 2 rings (SSSR count). The summed E-state index contributed by atoms with van der Waals surface area (Å²) < 4.78 is 13.5. The van der Waals surface area contributed by atoms with Gasteiger partial charge in [0.25, 0.3) is 0 Å². The summed E-state index contributed by atoms with van der Waals surface area (Å²) in [5.41, 5.74) is 3.84.